The van der Waals surface area contributed by atoms with Crippen LogP contribution in [0, 0.1) is 0 Å². The van der Waals surface area contributed by atoms with Crippen LogP contribution in [0.15, 0.2) is 48.5 Å². The molecule has 8 nitrogen and oxygen atoms in total. The number of hydrogen-bond donors (Lipinski definition) is 2. The molecule has 2 aromatic heterocycles. The summed E-state index contributed by atoms with van der Waals surface area (Å²) in [4.78, 5) is 26.0. The standard InChI is InChI=1S/2C7H6N2S.2C2H4O2.Zn/c2*8-7-9-5-3-1-2-4-6(5)10-7;2*1-2(3)4;/h2*1-4H,(H2,8,9);2*1H3,(H,3,4);/q;;;;+2/p-2. The van der Waals surface area contributed by atoms with E-state index in [-0.39, 0.29) is 19.5 Å². The summed E-state index contributed by atoms with van der Waals surface area (Å²) in [5.74, 6) is -2.17. The molecule has 0 saturated carbocycles. The summed E-state index contributed by atoms with van der Waals surface area (Å²) in [5, 5.41) is 19.1. The van der Waals surface area contributed by atoms with Gasteiger partial charge < -0.3 is 31.3 Å². The van der Waals surface area contributed by atoms with Gasteiger partial charge in [0.25, 0.3) is 0 Å². The van der Waals surface area contributed by atoms with E-state index >= 15 is 0 Å². The number of aliphatic carboxylic acids is 2. The zero-order valence-corrected chi connectivity index (χ0v) is 20.4. The Morgan fingerprint density at radius 1 is 0.759 bits per heavy atom. The van der Waals surface area contributed by atoms with Gasteiger partial charge in [0.1, 0.15) is 0 Å². The SMILES string of the molecule is CC(=O)[O-].CC(=O)[O-].Nc1nc2ccccc2s1.Nc1nc2ccccc2s1.[Zn+2]. The molecule has 0 spiro atoms. The molecule has 0 atom stereocenters. The number of anilines is 2. The van der Waals surface area contributed by atoms with Crippen molar-refractivity contribution in [1.29, 1.82) is 0 Å². The molecule has 2 aromatic carbocycles. The fraction of sp³-hybridized carbons (Fsp3) is 0.111. The van der Waals surface area contributed by atoms with Crippen LogP contribution in [0.1, 0.15) is 13.8 Å². The van der Waals surface area contributed by atoms with Gasteiger partial charge in [-0.15, -0.1) is 0 Å². The predicted octanol–water partition coefficient (Wildman–Crippen LogP) is 1.27. The van der Waals surface area contributed by atoms with Gasteiger partial charge in [-0.2, -0.15) is 0 Å². The van der Waals surface area contributed by atoms with Crippen molar-refractivity contribution in [2.45, 2.75) is 13.8 Å². The van der Waals surface area contributed by atoms with E-state index in [1.165, 1.54) is 22.7 Å². The number of carboxylic acids is 2. The Bertz CT molecular complexity index is 894. The smallest absolute Gasteiger partial charge is 0.550 e. The minimum absolute atomic E-state index is 0. The molecule has 0 aliphatic rings. The molecule has 0 radical (unpaired) electrons. The van der Waals surface area contributed by atoms with Crippen molar-refractivity contribution in [3.63, 3.8) is 0 Å². The number of hydrogen-bond acceptors (Lipinski definition) is 10. The second-order valence-electron chi connectivity index (χ2n) is 5.02. The number of fused-ring (bicyclic) bond motifs is 2. The zero-order valence-electron chi connectivity index (χ0n) is 15.8. The third-order valence-corrected chi connectivity index (χ3v) is 4.35. The maximum atomic E-state index is 8.89. The Hall–Kier alpha value is -2.62. The summed E-state index contributed by atoms with van der Waals surface area (Å²) >= 11 is 3.04. The molecule has 0 bridgehead atoms. The first kappa shape index (κ1) is 26.4. The molecule has 0 fully saturated rings. The third-order valence-electron chi connectivity index (χ3n) is 2.62. The molecule has 11 heteroatoms. The first-order chi connectivity index (χ1) is 13.2. The number of nitrogen functional groups attached to an aromatic ring is 2. The van der Waals surface area contributed by atoms with Crippen LogP contribution in [-0.4, -0.2) is 21.9 Å². The van der Waals surface area contributed by atoms with Gasteiger partial charge in [-0.1, -0.05) is 46.9 Å². The third kappa shape index (κ3) is 11.1. The zero-order chi connectivity index (χ0) is 21.1. The molecule has 4 N–H and O–H groups in total. The van der Waals surface area contributed by atoms with Crippen molar-refractivity contribution in [2.75, 3.05) is 11.5 Å². The average molecular weight is 484 g/mol. The maximum absolute atomic E-state index is 8.89. The second-order valence-corrected chi connectivity index (χ2v) is 7.15. The number of aromatic nitrogens is 2. The molecule has 29 heavy (non-hydrogen) atoms. The minimum atomic E-state index is -1.08. The van der Waals surface area contributed by atoms with Gasteiger partial charge in [0.2, 0.25) is 0 Å². The fourth-order valence-corrected chi connectivity index (χ4v) is 3.25. The molecule has 0 saturated heterocycles. The van der Waals surface area contributed by atoms with E-state index in [0.29, 0.717) is 10.3 Å². The summed E-state index contributed by atoms with van der Waals surface area (Å²) in [5.41, 5.74) is 13.0. The van der Waals surface area contributed by atoms with Crippen LogP contribution < -0.4 is 21.7 Å². The van der Waals surface area contributed by atoms with Crippen LogP contribution in [0.4, 0.5) is 10.3 Å². The Balaban J connectivity index is 0.000000391. The normalized spacial score (nSPS) is 8.90. The van der Waals surface area contributed by atoms with E-state index in [1.54, 1.807) is 0 Å². The molecular weight excluding hydrogens is 466 g/mol. The van der Waals surface area contributed by atoms with E-state index < -0.39 is 11.9 Å². The largest absolute Gasteiger partial charge is 2.00 e. The van der Waals surface area contributed by atoms with Gasteiger partial charge in [-0.05, 0) is 38.1 Å². The van der Waals surface area contributed by atoms with Gasteiger partial charge in [0.15, 0.2) is 10.3 Å². The van der Waals surface area contributed by atoms with Gasteiger partial charge in [-0.25, -0.2) is 9.97 Å². The van der Waals surface area contributed by atoms with Crippen LogP contribution >= 0.6 is 22.7 Å². The van der Waals surface area contributed by atoms with Crippen molar-refractivity contribution in [3.8, 4) is 0 Å². The summed E-state index contributed by atoms with van der Waals surface area (Å²) in [7, 11) is 0. The summed E-state index contributed by atoms with van der Waals surface area (Å²) in [6.07, 6.45) is 0. The number of nitrogens with zero attached hydrogens (tertiary/aromatic N) is 2. The predicted molar refractivity (Wildman–Crippen MR) is 109 cm³/mol. The molecule has 0 unspecified atom stereocenters. The number of nitrogens with two attached hydrogens (primary N) is 2. The van der Waals surface area contributed by atoms with E-state index in [2.05, 4.69) is 9.97 Å². The Kier molecular flexibility index (Phi) is 12.3. The van der Waals surface area contributed by atoms with Crippen molar-refractivity contribution < 1.29 is 39.3 Å². The van der Waals surface area contributed by atoms with E-state index in [1.807, 2.05) is 48.5 Å². The van der Waals surface area contributed by atoms with E-state index in [9.17, 15) is 0 Å². The van der Waals surface area contributed by atoms with Crippen LogP contribution in [0.2, 0.25) is 0 Å². The first-order valence-corrected chi connectivity index (χ1v) is 9.39. The Morgan fingerprint density at radius 2 is 1.03 bits per heavy atom. The van der Waals surface area contributed by atoms with Crippen LogP contribution in [0.3, 0.4) is 0 Å². The first-order valence-electron chi connectivity index (χ1n) is 7.76. The van der Waals surface area contributed by atoms with Crippen molar-refractivity contribution >= 4 is 65.3 Å². The number of carboxylic acid groups (broad SMARTS) is 2. The van der Waals surface area contributed by atoms with Crippen LogP contribution in [0.5, 0.6) is 0 Å². The Morgan fingerprint density at radius 3 is 1.31 bits per heavy atom. The van der Waals surface area contributed by atoms with Crippen LogP contribution in [0.25, 0.3) is 20.4 Å². The van der Waals surface area contributed by atoms with Crippen molar-refractivity contribution in [2.24, 2.45) is 0 Å². The monoisotopic (exact) mass is 482 g/mol. The molecular formula is C18H18N4O4S2Zn. The van der Waals surface area contributed by atoms with Gasteiger partial charge in [0.05, 0.1) is 20.4 Å². The van der Waals surface area contributed by atoms with E-state index in [4.69, 9.17) is 31.3 Å². The van der Waals surface area contributed by atoms with Gasteiger partial charge in [0, 0.05) is 11.9 Å². The number of benzene rings is 2. The topological polar surface area (TPSA) is 158 Å². The molecule has 4 aromatic rings. The number of rotatable bonds is 0. The van der Waals surface area contributed by atoms with Gasteiger partial charge >= 0.3 is 19.5 Å². The second kappa shape index (κ2) is 13.5. The molecule has 0 aliphatic carbocycles. The summed E-state index contributed by atoms with van der Waals surface area (Å²) < 4.78 is 2.31. The van der Waals surface area contributed by atoms with E-state index in [0.717, 1.165) is 34.3 Å². The quantitative estimate of drug-likeness (QED) is 0.354. The molecule has 4 rings (SSSR count). The summed E-state index contributed by atoms with van der Waals surface area (Å²) in [6, 6.07) is 15.8. The number of carbonyl (C=O) groups is 2. The van der Waals surface area contributed by atoms with Crippen LogP contribution in [-0.2, 0) is 29.1 Å². The molecule has 0 amide bonds. The molecule has 2 heterocycles. The van der Waals surface area contributed by atoms with Crippen molar-refractivity contribution in [3.05, 3.63) is 48.5 Å². The minimum Gasteiger partial charge on any atom is -0.550 e. The maximum Gasteiger partial charge on any atom is 2.00 e. The average Bonchev–Trinajstić information content (AvgIpc) is 3.14. The number of carbonyl (C=O) groups excluding carboxylic acids is 2. The van der Waals surface area contributed by atoms with Crippen molar-refractivity contribution in [1.82, 2.24) is 9.97 Å². The van der Waals surface area contributed by atoms with Gasteiger partial charge in [-0.3, -0.25) is 0 Å². The fourth-order valence-electron chi connectivity index (χ4n) is 1.78. The molecule has 0 aliphatic heterocycles. The number of thiazole rings is 2. The molecule has 148 valence electrons. The Labute approximate surface area is 188 Å². The summed E-state index contributed by atoms with van der Waals surface area (Å²) in [6.45, 7) is 1.94. The number of para-hydroxylation sites is 2.